The number of urea groups is 1. The van der Waals surface area contributed by atoms with Gasteiger partial charge in [0.05, 0.1) is 12.7 Å². The van der Waals surface area contributed by atoms with E-state index in [1.54, 1.807) is 4.68 Å². The first-order valence-corrected chi connectivity index (χ1v) is 8.54. The van der Waals surface area contributed by atoms with Gasteiger partial charge in [-0.3, -0.25) is 19.3 Å². The lowest BCUT2D eigenvalue weighted by atomic mass is 10.2. The van der Waals surface area contributed by atoms with E-state index in [1.165, 1.54) is 4.90 Å². The second kappa shape index (κ2) is 7.49. The molecule has 2 aliphatic rings. The molecule has 1 aromatic rings. The molecule has 0 saturated carbocycles. The summed E-state index contributed by atoms with van der Waals surface area (Å²) >= 11 is 0. The van der Waals surface area contributed by atoms with E-state index in [9.17, 15) is 14.0 Å². The maximum absolute atomic E-state index is 13.9. The first kappa shape index (κ1) is 17.8. The van der Waals surface area contributed by atoms with Crippen LogP contribution in [0.4, 0.5) is 9.18 Å². The van der Waals surface area contributed by atoms with Crippen molar-refractivity contribution in [2.24, 2.45) is 7.05 Å². The number of hydrogen-bond donors (Lipinski definition) is 1. The van der Waals surface area contributed by atoms with Crippen molar-refractivity contribution in [2.45, 2.75) is 25.2 Å². The largest absolute Gasteiger partial charge is 0.329 e. The van der Waals surface area contributed by atoms with Gasteiger partial charge in [-0.25, -0.2) is 9.18 Å². The standard InChI is InChI=1S/C16H25FN6O2/c1-20(3-4-23-15(24)7-18-16(23)25)11-14-5-13(17)10-22(14)9-12-6-19-21(2)8-12/h6,8,13-14H,3-5,7,9-11H2,1-2H3,(H,18,25)/t13-,14-/m0/s1. The summed E-state index contributed by atoms with van der Waals surface area (Å²) in [5.41, 5.74) is 1.07. The quantitative estimate of drug-likeness (QED) is 0.689. The number of likely N-dealkylation sites (N-methyl/N-ethyl adjacent to an activating group) is 1. The molecular weight excluding hydrogens is 327 g/mol. The Kier molecular flexibility index (Phi) is 5.33. The zero-order valence-electron chi connectivity index (χ0n) is 14.7. The molecule has 2 fully saturated rings. The highest BCUT2D eigenvalue weighted by molar-refractivity contribution is 6.01. The van der Waals surface area contributed by atoms with Gasteiger partial charge in [0.15, 0.2) is 0 Å². The van der Waals surface area contributed by atoms with Gasteiger partial charge in [-0.2, -0.15) is 5.10 Å². The summed E-state index contributed by atoms with van der Waals surface area (Å²) in [6.07, 6.45) is 3.45. The highest BCUT2D eigenvalue weighted by atomic mass is 19.1. The lowest BCUT2D eigenvalue weighted by molar-refractivity contribution is -0.125. The number of imide groups is 1. The van der Waals surface area contributed by atoms with Crippen LogP contribution in [0.15, 0.2) is 12.4 Å². The van der Waals surface area contributed by atoms with Crippen LogP contribution in [0.3, 0.4) is 0 Å². The van der Waals surface area contributed by atoms with Crippen molar-refractivity contribution in [2.75, 3.05) is 39.8 Å². The minimum atomic E-state index is -0.819. The van der Waals surface area contributed by atoms with E-state index < -0.39 is 6.17 Å². The number of likely N-dealkylation sites (tertiary alicyclic amines) is 1. The maximum Gasteiger partial charge on any atom is 0.324 e. The Morgan fingerprint density at radius 1 is 1.44 bits per heavy atom. The zero-order valence-corrected chi connectivity index (χ0v) is 14.7. The fraction of sp³-hybridized carbons (Fsp3) is 0.688. The molecule has 3 rings (SSSR count). The molecule has 3 amide bonds. The number of aromatic nitrogens is 2. The molecule has 2 saturated heterocycles. The van der Waals surface area contributed by atoms with Gasteiger partial charge in [-0.1, -0.05) is 0 Å². The second-order valence-corrected chi connectivity index (χ2v) is 6.90. The summed E-state index contributed by atoms with van der Waals surface area (Å²) in [4.78, 5) is 28.6. The molecule has 138 valence electrons. The Morgan fingerprint density at radius 3 is 2.88 bits per heavy atom. The molecule has 2 atom stereocenters. The molecule has 1 N–H and O–H groups in total. The topological polar surface area (TPSA) is 73.7 Å². The summed E-state index contributed by atoms with van der Waals surface area (Å²) in [7, 11) is 3.80. The van der Waals surface area contributed by atoms with Crippen molar-refractivity contribution in [1.82, 2.24) is 29.8 Å². The van der Waals surface area contributed by atoms with Crippen LogP contribution in [0.25, 0.3) is 0 Å². The number of hydrogen-bond acceptors (Lipinski definition) is 5. The number of amides is 3. The number of carbonyl (C=O) groups excluding carboxylic acids is 2. The van der Waals surface area contributed by atoms with Crippen LogP contribution in [0.5, 0.6) is 0 Å². The van der Waals surface area contributed by atoms with E-state index in [2.05, 4.69) is 20.2 Å². The highest BCUT2D eigenvalue weighted by Crippen LogP contribution is 2.23. The molecule has 8 nitrogen and oxygen atoms in total. The smallest absolute Gasteiger partial charge is 0.324 e. The minimum absolute atomic E-state index is 0.0770. The fourth-order valence-electron chi connectivity index (χ4n) is 3.50. The van der Waals surface area contributed by atoms with Crippen LogP contribution in [-0.2, 0) is 18.4 Å². The number of halogens is 1. The zero-order chi connectivity index (χ0) is 18.0. The fourth-order valence-corrected chi connectivity index (χ4v) is 3.50. The van der Waals surface area contributed by atoms with Crippen molar-refractivity contribution in [3.63, 3.8) is 0 Å². The van der Waals surface area contributed by atoms with Gasteiger partial charge in [0, 0.05) is 57.6 Å². The molecule has 0 aliphatic carbocycles. The van der Waals surface area contributed by atoms with Crippen molar-refractivity contribution >= 4 is 11.9 Å². The third-order valence-electron chi connectivity index (χ3n) is 4.79. The van der Waals surface area contributed by atoms with Crippen LogP contribution in [0.2, 0.25) is 0 Å². The average Bonchev–Trinajstić information content (AvgIpc) is 3.20. The first-order valence-electron chi connectivity index (χ1n) is 8.54. The van der Waals surface area contributed by atoms with E-state index in [0.717, 1.165) is 5.56 Å². The van der Waals surface area contributed by atoms with Gasteiger partial charge in [0.2, 0.25) is 5.91 Å². The molecule has 0 unspecified atom stereocenters. The van der Waals surface area contributed by atoms with E-state index in [0.29, 0.717) is 39.1 Å². The van der Waals surface area contributed by atoms with Gasteiger partial charge >= 0.3 is 6.03 Å². The summed E-state index contributed by atoms with van der Waals surface area (Å²) < 4.78 is 15.7. The molecular formula is C16H25FN6O2. The molecule has 0 spiro atoms. The van der Waals surface area contributed by atoms with Gasteiger partial charge in [0.1, 0.15) is 6.17 Å². The molecule has 2 aliphatic heterocycles. The molecule has 25 heavy (non-hydrogen) atoms. The molecule has 0 radical (unpaired) electrons. The van der Waals surface area contributed by atoms with E-state index in [4.69, 9.17) is 0 Å². The highest BCUT2D eigenvalue weighted by Gasteiger charge is 2.33. The molecule has 3 heterocycles. The number of alkyl halides is 1. The van der Waals surface area contributed by atoms with Crippen molar-refractivity contribution in [1.29, 1.82) is 0 Å². The second-order valence-electron chi connectivity index (χ2n) is 6.90. The van der Waals surface area contributed by atoms with Crippen LogP contribution in [0.1, 0.15) is 12.0 Å². The Bertz CT molecular complexity index is 620. The number of nitrogens with one attached hydrogen (secondary N) is 1. The van der Waals surface area contributed by atoms with Gasteiger partial charge in [-0.05, 0) is 13.5 Å². The molecule has 1 aromatic heterocycles. The average molecular weight is 352 g/mol. The Morgan fingerprint density at radius 2 is 2.24 bits per heavy atom. The summed E-state index contributed by atoms with van der Waals surface area (Å²) in [6.45, 7) is 2.82. The first-order chi connectivity index (χ1) is 11.9. The number of carbonyl (C=O) groups is 2. The molecule has 0 bridgehead atoms. The number of nitrogens with zero attached hydrogens (tertiary/aromatic N) is 5. The van der Waals surface area contributed by atoms with E-state index in [1.807, 2.05) is 26.5 Å². The maximum atomic E-state index is 13.9. The van der Waals surface area contributed by atoms with Crippen molar-refractivity contribution in [3.8, 4) is 0 Å². The van der Waals surface area contributed by atoms with Crippen LogP contribution >= 0.6 is 0 Å². The number of aryl methyl sites for hydroxylation is 1. The van der Waals surface area contributed by atoms with E-state index >= 15 is 0 Å². The molecule has 0 aromatic carbocycles. The normalized spacial score (nSPS) is 24.6. The Hall–Kier alpha value is -2.00. The van der Waals surface area contributed by atoms with Crippen LogP contribution in [-0.4, -0.2) is 88.4 Å². The predicted octanol–water partition coefficient (Wildman–Crippen LogP) is -0.184. The summed E-state index contributed by atoms with van der Waals surface area (Å²) in [5.74, 6) is -0.193. The van der Waals surface area contributed by atoms with E-state index in [-0.39, 0.29) is 24.5 Å². The predicted molar refractivity (Wildman–Crippen MR) is 89.5 cm³/mol. The lowest BCUT2D eigenvalue weighted by Crippen LogP contribution is -2.42. The van der Waals surface area contributed by atoms with Gasteiger partial charge in [0.25, 0.3) is 0 Å². The van der Waals surface area contributed by atoms with Crippen LogP contribution < -0.4 is 5.32 Å². The number of rotatable bonds is 7. The van der Waals surface area contributed by atoms with Gasteiger partial charge in [-0.15, -0.1) is 0 Å². The van der Waals surface area contributed by atoms with Gasteiger partial charge < -0.3 is 10.2 Å². The molecule has 9 heteroatoms. The minimum Gasteiger partial charge on any atom is -0.329 e. The third-order valence-corrected chi connectivity index (χ3v) is 4.79. The Balaban J connectivity index is 1.51. The monoisotopic (exact) mass is 352 g/mol. The third kappa shape index (κ3) is 4.35. The SMILES string of the molecule is CN(CCN1C(=O)CNC1=O)C[C@@H]1C[C@H](F)CN1Cc1cnn(C)c1. The summed E-state index contributed by atoms with van der Waals surface area (Å²) in [6, 6.07) is -0.218. The van der Waals surface area contributed by atoms with Crippen molar-refractivity contribution in [3.05, 3.63) is 18.0 Å². The summed E-state index contributed by atoms with van der Waals surface area (Å²) in [5, 5.41) is 6.67. The lowest BCUT2D eigenvalue weighted by Gasteiger charge is -2.28. The Labute approximate surface area is 146 Å². The van der Waals surface area contributed by atoms with Crippen molar-refractivity contribution < 1.29 is 14.0 Å². The van der Waals surface area contributed by atoms with Crippen LogP contribution in [0, 0.1) is 0 Å².